The molecule has 0 unspecified atom stereocenters. The Bertz CT molecular complexity index is 193. The Morgan fingerprint density at radius 3 is 2.08 bits per heavy atom. The summed E-state index contributed by atoms with van der Waals surface area (Å²) < 4.78 is 24.0. The van der Waals surface area contributed by atoms with Gasteiger partial charge in [0, 0.05) is 18.3 Å². The van der Waals surface area contributed by atoms with E-state index in [1.807, 2.05) is 13.8 Å². The van der Waals surface area contributed by atoms with Crippen molar-refractivity contribution in [2.45, 2.75) is 27.2 Å². The second-order valence-corrected chi connectivity index (χ2v) is 2.01. The molecule has 0 saturated carbocycles. The predicted molar refractivity (Wildman–Crippen MR) is 54.7 cm³/mol. The zero-order chi connectivity index (χ0) is 10.9. The van der Waals surface area contributed by atoms with E-state index in [0.29, 0.717) is 5.71 Å². The molecule has 1 nitrogen and oxygen atoms in total. The van der Waals surface area contributed by atoms with Crippen LogP contribution in [-0.2, 0) is 0 Å². The Morgan fingerprint density at radius 1 is 1.38 bits per heavy atom. The maximum Gasteiger partial charge on any atom is 0.263 e. The van der Waals surface area contributed by atoms with Crippen molar-refractivity contribution in [2.24, 2.45) is 4.99 Å². The van der Waals surface area contributed by atoms with Crippen molar-refractivity contribution < 1.29 is 8.78 Å². The molecule has 0 rings (SSSR count). The van der Waals surface area contributed by atoms with Gasteiger partial charge in [0.1, 0.15) is 0 Å². The van der Waals surface area contributed by atoms with Gasteiger partial charge in [-0.25, -0.2) is 8.78 Å². The molecule has 0 aromatic rings. The van der Waals surface area contributed by atoms with E-state index in [9.17, 15) is 8.78 Å². The van der Waals surface area contributed by atoms with Crippen LogP contribution < -0.4 is 0 Å². The summed E-state index contributed by atoms with van der Waals surface area (Å²) in [5.41, 5.74) is 0.480. The summed E-state index contributed by atoms with van der Waals surface area (Å²) in [7, 11) is 1.55. The van der Waals surface area contributed by atoms with E-state index in [1.54, 1.807) is 14.0 Å². The summed E-state index contributed by atoms with van der Waals surface area (Å²) in [5, 5.41) is 0. The van der Waals surface area contributed by atoms with Gasteiger partial charge in [0.2, 0.25) is 0 Å². The molecule has 0 radical (unpaired) electrons. The summed E-state index contributed by atoms with van der Waals surface area (Å²) >= 11 is 0. The van der Waals surface area contributed by atoms with Crippen LogP contribution in [0.5, 0.6) is 0 Å². The first-order valence-corrected chi connectivity index (χ1v) is 4.17. The van der Waals surface area contributed by atoms with Crippen LogP contribution in [0.3, 0.4) is 0 Å². The number of alkyl halides is 2. The molecule has 76 valence electrons. The fourth-order valence-corrected chi connectivity index (χ4v) is 0.517. The lowest BCUT2D eigenvalue weighted by molar-refractivity contribution is 0.194. The summed E-state index contributed by atoms with van der Waals surface area (Å²) in [5.74, 6) is 0. The van der Waals surface area contributed by atoms with Gasteiger partial charge in [-0.2, -0.15) is 0 Å². The van der Waals surface area contributed by atoms with Gasteiger partial charge < -0.3 is 0 Å². The second-order valence-electron chi connectivity index (χ2n) is 2.01. The maximum absolute atomic E-state index is 12.0. The summed E-state index contributed by atoms with van der Waals surface area (Å²) in [6.07, 6.45) is -0.0130. The molecule has 0 amide bonds. The Hall–Kier alpha value is -0.990. The molecule has 0 saturated heterocycles. The van der Waals surface area contributed by atoms with Gasteiger partial charge in [-0.05, 0) is 13.0 Å². The molecule has 0 N–H and O–H groups in total. The number of rotatable bonds is 3. The molecule has 0 bridgehead atoms. The van der Waals surface area contributed by atoms with E-state index in [-0.39, 0.29) is 5.57 Å². The van der Waals surface area contributed by atoms with Gasteiger partial charge in [-0.15, -0.1) is 0 Å². The lowest BCUT2D eigenvalue weighted by Gasteiger charge is -1.98. The van der Waals surface area contributed by atoms with Crippen LogP contribution in [0.15, 0.2) is 29.3 Å². The largest absolute Gasteiger partial charge is 0.293 e. The first-order chi connectivity index (χ1) is 6.11. The number of hydrogen-bond acceptors (Lipinski definition) is 1. The van der Waals surface area contributed by atoms with Crippen molar-refractivity contribution in [1.29, 1.82) is 0 Å². The van der Waals surface area contributed by atoms with E-state index in [4.69, 9.17) is 0 Å². The number of aliphatic imine (C=N–C) groups is 1. The van der Waals surface area contributed by atoms with Gasteiger partial charge in [0.25, 0.3) is 6.43 Å². The molecule has 3 heteroatoms. The van der Waals surface area contributed by atoms with E-state index >= 15 is 0 Å². The van der Waals surface area contributed by atoms with Crippen LogP contribution in [0.1, 0.15) is 20.8 Å². The lowest BCUT2D eigenvalue weighted by Crippen LogP contribution is -1.96. The standard InChI is InChI=1S/C8H11F2N.C2H6/c1-4-7(8(9)10)5-6(2)11-3;1-2/h4-5,8H,1H2,2-3H3;1-2H3/b7-5+,11-6?;. The lowest BCUT2D eigenvalue weighted by atomic mass is 10.2. The highest BCUT2D eigenvalue weighted by Gasteiger charge is 2.05. The van der Waals surface area contributed by atoms with Crippen molar-refractivity contribution >= 4 is 5.71 Å². The maximum atomic E-state index is 12.0. The Morgan fingerprint density at radius 2 is 1.85 bits per heavy atom. The SMILES string of the molecule is C=C/C(=C\C(C)=NC)C(F)F.CC. The van der Waals surface area contributed by atoms with Crippen LogP contribution in [0.25, 0.3) is 0 Å². The second kappa shape index (κ2) is 9.10. The van der Waals surface area contributed by atoms with Gasteiger partial charge in [-0.3, -0.25) is 4.99 Å². The molecular weight excluding hydrogens is 172 g/mol. The Labute approximate surface area is 78.9 Å². The molecule has 0 aliphatic carbocycles. The van der Waals surface area contributed by atoms with E-state index < -0.39 is 6.43 Å². The van der Waals surface area contributed by atoms with Crippen LogP contribution >= 0.6 is 0 Å². The van der Waals surface area contributed by atoms with Gasteiger partial charge >= 0.3 is 0 Å². The Kier molecular flexibility index (Phi) is 10.2. The summed E-state index contributed by atoms with van der Waals surface area (Å²) in [4.78, 5) is 3.72. The van der Waals surface area contributed by atoms with Gasteiger partial charge in [-0.1, -0.05) is 26.5 Å². The summed E-state index contributed by atoms with van der Waals surface area (Å²) in [6, 6.07) is 0. The van der Waals surface area contributed by atoms with Crippen molar-refractivity contribution in [3.05, 3.63) is 24.3 Å². The zero-order valence-electron chi connectivity index (χ0n) is 8.64. The fraction of sp³-hybridized carbons (Fsp3) is 0.500. The quantitative estimate of drug-likeness (QED) is 0.476. The molecule has 0 aliphatic rings. The summed E-state index contributed by atoms with van der Waals surface area (Å²) in [6.45, 7) is 8.92. The van der Waals surface area contributed by atoms with Gasteiger partial charge in [0.15, 0.2) is 0 Å². The number of allylic oxidation sites excluding steroid dienone is 3. The zero-order valence-corrected chi connectivity index (χ0v) is 8.64. The first kappa shape index (κ1) is 14.5. The number of hydrogen-bond donors (Lipinski definition) is 0. The number of halogens is 2. The molecule has 13 heavy (non-hydrogen) atoms. The molecular formula is C10H17F2N. The highest BCUT2D eigenvalue weighted by Crippen LogP contribution is 2.08. The average molecular weight is 189 g/mol. The smallest absolute Gasteiger partial charge is 0.263 e. The Balaban J connectivity index is 0. The third-order valence-electron chi connectivity index (χ3n) is 1.22. The van der Waals surface area contributed by atoms with E-state index in [2.05, 4.69) is 11.6 Å². The van der Waals surface area contributed by atoms with Crippen molar-refractivity contribution in [2.75, 3.05) is 7.05 Å². The van der Waals surface area contributed by atoms with Gasteiger partial charge in [0.05, 0.1) is 0 Å². The van der Waals surface area contributed by atoms with E-state index in [1.165, 1.54) is 6.08 Å². The van der Waals surface area contributed by atoms with Crippen molar-refractivity contribution in [3.63, 3.8) is 0 Å². The predicted octanol–water partition coefficient (Wildman–Crippen LogP) is 3.48. The normalized spacial score (nSPS) is 12.2. The van der Waals surface area contributed by atoms with Crippen LogP contribution in [0, 0.1) is 0 Å². The minimum absolute atomic E-state index is 0.0897. The molecule has 0 aliphatic heterocycles. The molecule has 0 aromatic carbocycles. The molecule has 0 spiro atoms. The molecule has 0 fully saturated rings. The minimum Gasteiger partial charge on any atom is -0.293 e. The molecule has 0 aromatic heterocycles. The highest BCUT2D eigenvalue weighted by molar-refractivity contribution is 5.93. The van der Waals surface area contributed by atoms with E-state index in [0.717, 1.165) is 6.08 Å². The molecule has 0 heterocycles. The molecule has 0 atom stereocenters. The monoisotopic (exact) mass is 189 g/mol. The van der Waals surface area contributed by atoms with Crippen LogP contribution in [0.2, 0.25) is 0 Å². The first-order valence-electron chi connectivity index (χ1n) is 4.17. The third-order valence-corrected chi connectivity index (χ3v) is 1.22. The average Bonchev–Trinajstić information content (AvgIpc) is 2.16. The third kappa shape index (κ3) is 7.37. The minimum atomic E-state index is -2.47. The highest BCUT2D eigenvalue weighted by atomic mass is 19.3. The van der Waals surface area contributed by atoms with Crippen molar-refractivity contribution in [3.8, 4) is 0 Å². The fourth-order valence-electron chi connectivity index (χ4n) is 0.517. The number of nitrogens with zero attached hydrogens (tertiary/aromatic N) is 1. The van der Waals surface area contributed by atoms with Crippen molar-refractivity contribution in [1.82, 2.24) is 0 Å². The van der Waals surface area contributed by atoms with Crippen LogP contribution in [-0.4, -0.2) is 19.2 Å². The van der Waals surface area contributed by atoms with Crippen LogP contribution in [0.4, 0.5) is 8.78 Å². The topological polar surface area (TPSA) is 12.4 Å².